The predicted molar refractivity (Wildman–Crippen MR) is 71.5 cm³/mol. The lowest BCUT2D eigenvalue weighted by Crippen LogP contribution is -2.23. The van der Waals surface area contributed by atoms with E-state index in [1.54, 1.807) is 12.1 Å². The first-order chi connectivity index (χ1) is 8.70. The van der Waals surface area contributed by atoms with Gasteiger partial charge in [0.15, 0.2) is 11.6 Å². The van der Waals surface area contributed by atoms with Crippen LogP contribution in [0.2, 0.25) is 0 Å². The molecule has 0 aliphatic carbocycles. The number of benzene rings is 1. The van der Waals surface area contributed by atoms with Crippen LogP contribution < -0.4 is 5.32 Å². The molecule has 1 nitrogen and oxygen atoms in total. The summed E-state index contributed by atoms with van der Waals surface area (Å²) in [6, 6.07) is 4.35. The maximum atomic E-state index is 13.8. The normalized spacial score (nSPS) is 12.7. The van der Waals surface area contributed by atoms with Crippen LogP contribution in [0, 0.1) is 11.6 Å². The molecule has 0 fully saturated rings. The van der Waals surface area contributed by atoms with Gasteiger partial charge in [0.2, 0.25) is 0 Å². The SMILES string of the molecule is CCCCCC(NCCC)c1cccc(F)c1F. The van der Waals surface area contributed by atoms with Crippen molar-refractivity contribution >= 4 is 0 Å². The van der Waals surface area contributed by atoms with Crippen LogP contribution in [-0.4, -0.2) is 6.54 Å². The number of halogens is 2. The summed E-state index contributed by atoms with van der Waals surface area (Å²) in [7, 11) is 0. The molecule has 0 bridgehead atoms. The molecule has 0 radical (unpaired) electrons. The summed E-state index contributed by atoms with van der Waals surface area (Å²) in [6.45, 7) is 5.03. The van der Waals surface area contributed by atoms with Gasteiger partial charge < -0.3 is 5.32 Å². The third-order valence-corrected chi connectivity index (χ3v) is 3.09. The van der Waals surface area contributed by atoms with E-state index in [0.29, 0.717) is 5.56 Å². The van der Waals surface area contributed by atoms with Gasteiger partial charge in [0.05, 0.1) is 0 Å². The quantitative estimate of drug-likeness (QED) is 0.670. The molecule has 1 N–H and O–H groups in total. The second-order valence-corrected chi connectivity index (χ2v) is 4.65. The van der Waals surface area contributed by atoms with Crippen LogP contribution in [0.4, 0.5) is 8.78 Å². The van der Waals surface area contributed by atoms with Gasteiger partial charge in [-0.05, 0) is 25.5 Å². The van der Waals surface area contributed by atoms with Gasteiger partial charge in [-0.1, -0.05) is 45.2 Å². The maximum Gasteiger partial charge on any atom is 0.163 e. The second kappa shape index (κ2) is 8.20. The lowest BCUT2D eigenvalue weighted by molar-refractivity contribution is 0.434. The van der Waals surface area contributed by atoms with Crippen molar-refractivity contribution < 1.29 is 8.78 Å². The molecule has 1 unspecified atom stereocenters. The summed E-state index contributed by atoms with van der Waals surface area (Å²) in [5.74, 6) is -1.46. The minimum Gasteiger partial charge on any atom is -0.310 e. The van der Waals surface area contributed by atoms with Gasteiger partial charge in [0.25, 0.3) is 0 Å². The Balaban J connectivity index is 2.76. The maximum absolute atomic E-state index is 13.8. The van der Waals surface area contributed by atoms with E-state index < -0.39 is 11.6 Å². The summed E-state index contributed by atoms with van der Waals surface area (Å²) in [5, 5.41) is 3.31. The fourth-order valence-electron chi connectivity index (χ4n) is 2.07. The van der Waals surface area contributed by atoms with Crippen LogP contribution in [0.15, 0.2) is 18.2 Å². The molecule has 0 aliphatic heterocycles. The van der Waals surface area contributed by atoms with Crippen molar-refractivity contribution in [3.8, 4) is 0 Å². The van der Waals surface area contributed by atoms with E-state index in [0.717, 1.165) is 38.6 Å². The number of hydrogen-bond acceptors (Lipinski definition) is 1. The molecule has 0 saturated heterocycles. The van der Waals surface area contributed by atoms with E-state index in [4.69, 9.17) is 0 Å². The molecular formula is C15H23F2N. The fourth-order valence-corrected chi connectivity index (χ4v) is 2.07. The first-order valence-corrected chi connectivity index (χ1v) is 6.88. The Kier molecular flexibility index (Phi) is 6.88. The topological polar surface area (TPSA) is 12.0 Å². The first-order valence-electron chi connectivity index (χ1n) is 6.88. The van der Waals surface area contributed by atoms with Gasteiger partial charge >= 0.3 is 0 Å². The molecule has 0 aromatic heterocycles. The third kappa shape index (κ3) is 4.37. The zero-order valence-electron chi connectivity index (χ0n) is 11.3. The van der Waals surface area contributed by atoms with Crippen LogP contribution in [0.5, 0.6) is 0 Å². The Morgan fingerprint density at radius 1 is 1.11 bits per heavy atom. The molecule has 0 saturated carbocycles. The Labute approximate surface area is 109 Å². The van der Waals surface area contributed by atoms with Crippen molar-refractivity contribution in [2.24, 2.45) is 0 Å². The molecule has 1 rings (SSSR count). The summed E-state index contributed by atoms with van der Waals surface area (Å²) in [4.78, 5) is 0. The molecule has 0 spiro atoms. The average Bonchev–Trinajstić information content (AvgIpc) is 2.37. The molecule has 0 amide bonds. The third-order valence-electron chi connectivity index (χ3n) is 3.09. The van der Waals surface area contributed by atoms with Crippen molar-refractivity contribution in [3.63, 3.8) is 0 Å². The highest BCUT2D eigenvalue weighted by molar-refractivity contribution is 5.22. The molecule has 1 atom stereocenters. The molecular weight excluding hydrogens is 232 g/mol. The molecule has 102 valence electrons. The number of unbranched alkanes of at least 4 members (excludes halogenated alkanes) is 2. The summed E-state index contributed by atoms with van der Waals surface area (Å²) < 4.78 is 27.0. The van der Waals surface area contributed by atoms with E-state index in [1.807, 2.05) is 0 Å². The van der Waals surface area contributed by atoms with Crippen LogP contribution in [0.1, 0.15) is 57.6 Å². The molecule has 1 aromatic carbocycles. The summed E-state index contributed by atoms with van der Waals surface area (Å²) >= 11 is 0. The van der Waals surface area contributed by atoms with E-state index in [-0.39, 0.29) is 6.04 Å². The van der Waals surface area contributed by atoms with Crippen molar-refractivity contribution in [2.75, 3.05) is 6.54 Å². The van der Waals surface area contributed by atoms with Crippen molar-refractivity contribution in [3.05, 3.63) is 35.4 Å². The highest BCUT2D eigenvalue weighted by Crippen LogP contribution is 2.24. The number of rotatable bonds is 8. The lowest BCUT2D eigenvalue weighted by Gasteiger charge is -2.19. The monoisotopic (exact) mass is 255 g/mol. The summed E-state index contributed by atoms with van der Waals surface area (Å²) in [5.41, 5.74) is 0.458. The zero-order chi connectivity index (χ0) is 13.4. The van der Waals surface area contributed by atoms with Crippen LogP contribution in [-0.2, 0) is 0 Å². The average molecular weight is 255 g/mol. The zero-order valence-corrected chi connectivity index (χ0v) is 11.3. The fraction of sp³-hybridized carbons (Fsp3) is 0.600. The van der Waals surface area contributed by atoms with Crippen LogP contribution >= 0.6 is 0 Å². The van der Waals surface area contributed by atoms with Crippen LogP contribution in [0.25, 0.3) is 0 Å². The molecule has 0 heterocycles. The van der Waals surface area contributed by atoms with E-state index in [9.17, 15) is 8.78 Å². The lowest BCUT2D eigenvalue weighted by atomic mass is 9.99. The predicted octanol–water partition coefficient (Wildman–Crippen LogP) is 4.59. The number of hydrogen-bond donors (Lipinski definition) is 1. The number of nitrogens with one attached hydrogen (secondary N) is 1. The van der Waals surface area contributed by atoms with Gasteiger partial charge in [0, 0.05) is 11.6 Å². The molecule has 18 heavy (non-hydrogen) atoms. The van der Waals surface area contributed by atoms with Crippen molar-refractivity contribution in [1.82, 2.24) is 5.32 Å². The second-order valence-electron chi connectivity index (χ2n) is 4.65. The van der Waals surface area contributed by atoms with Crippen molar-refractivity contribution in [1.29, 1.82) is 0 Å². The Bertz CT molecular complexity index is 352. The molecule has 3 heteroatoms. The van der Waals surface area contributed by atoms with Gasteiger partial charge in [-0.15, -0.1) is 0 Å². The van der Waals surface area contributed by atoms with Crippen LogP contribution in [0.3, 0.4) is 0 Å². The molecule has 0 aliphatic rings. The minimum atomic E-state index is -0.758. The van der Waals surface area contributed by atoms with Gasteiger partial charge in [0.1, 0.15) is 0 Å². The Morgan fingerprint density at radius 3 is 2.56 bits per heavy atom. The highest BCUT2D eigenvalue weighted by atomic mass is 19.2. The first kappa shape index (κ1) is 15.1. The highest BCUT2D eigenvalue weighted by Gasteiger charge is 2.17. The van der Waals surface area contributed by atoms with Gasteiger partial charge in [-0.3, -0.25) is 0 Å². The largest absolute Gasteiger partial charge is 0.310 e. The van der Waals surface area contributed by atoms with E-state index in [2.05, 4.69) is 19.2 Å². The Morgan fingerprint density at radius 2 is 1.89 bits per heavy atom. The smallest absolute Gasteiger partial charge is 0.163 e. The van der Waals surface area contributed by atoms with Crippen molar-refractivity contribution in [2.45, 2.75) is 52.0 Å². The standard InChI is InChI=1S/C15H23F2N/c1-3-5-6-10-14(18-11-4-2)12-8-7-9-13(16)15(12)17/h7-9,14,18H,3-6,10-11H2,1-2H3. The van der Waals surface area contributed by atoms with Gasteiger partial charge in [-0.25, -0.2) is 8.78 Å². The van der Waals surface area contributed by atoms with Gasteiger partial charge in [-0.2, -0.15) is 0 Å². The summed E-state index contributed by atoms with van der Waals surface area (Å²) in [6.07, 6.45) is 5.14. The molecule has 1 aromatic rings. The van der Waals surface area contributed by atoms with E-state index >= 15 is 0 Å². The minimum absolute atomic E-state index is 0.0767. The Hall–Kier alpha value is -0.960. The van der Waals surface area contributed by atoms with E-state index in [1.165, 1.54) is 6.07 Å².